The molecule has 20 heavy (non-hydrogen) atoms. The number of halogens is 2. The van der Waals surface area contributed by atoms with Gasteiger partial charge in [-0.3, -0.25) is 5.10 Å². The zero-order valence-electron chi connectivity index (χ0n) is 10.8. The van der Waals surface area contributed by atoms with Crippen molar-refractivity contribution < 1.29 is 8.42 Å². The van der Waals surface area contributed by atoms with Gasteiger partial charge in [-0.05, 0) is 41.1 Å². The Kier molecular flexibility index (Phi) is 4.62. The fourth-order valence-electron chi connectivity index (χ4n) is 1.59. The zero-order chi connectivity index (χ0) is 14.9. The summed E-state index contributed by atoms with van der Waals surface area (Å²) in [6.07, 6.45) is 0. The summed E-state index contributed by atoms with van der Waals surface area (Å²) in [7, 11) is -2.12. The number of rotatable bonds is 4. The van der Waals surface area contributed by atoms with Gasteiger partial charge in [-0.25, -0.2) is 13.4 Å². The molecule has 0 saturated heterocycles. The van der Waals surface area contributed by atoms with Crippen molar-refractivity contribution in [3.63, 3.8) is 0 Å². The largest absolute Gasteiger partial charge is 0.263 e. The number of aromatic nitrogens is 3. The predicted molar refractivity (Wildman–Crippen MR) is 81.6 cm³/mol. The SMILES string of the molecule is Cc1nc(CN(C)S(=O)(=O)c2cc(Br)ccc2Br)n[nH]1. The molecule has 0 amide bonds. The number of nitrogens with one attached hydrogen (secondary N) is 1. The van der Waals surface area contributed by atoms with Crippen LogP contribution >= 0.6 is 31.9 Å². The summed E-state index contributed by atoms with van der Waals surface area (Å²) in [6, 6.07) is 5.00. The molecule has 0 bridgehead atoms. The lowest BCUT2D eigenvalue weighted by Crippen LogP contribution is -2.27. The Morgan fingerprint density at radius 2 is 2.05 bits per heavy atom. The van der Waals surface area contributed by atoms with Gasteiger partial charge in [0.25, 0.3) is 0 Å². The third-order valence-electron chi connectivity index (χ3n) is 2.59. The monoisotopic (exact) mass is 422 g/mol. The molecular formula is C11H12Br2N4O2S. The summed E-state index contributed by atoms with van der Waals surface area (Å²) >= 11 is 6.53. The number of aryl methyl sites for hydroxylation is 1. The van der Waals surface area contributed by atoms with Crippen molar-refractivity contribution in [1.29, 1.82) is 0 Å². The molecule has 0 unspecified atom stereocenters. The van der Waals surface area contributed by atoms with Gasteiger partial charge in [0.05, 0.1) is 11.4 Å². The average Bonchev–Trinajstić information content (AvgIpc) is 2.77. The molecule has 0 spiro atoms. The van der Waals surface area contributed by atoms with E-state index in [9.17, 15) is 8.42 Å². The van der Waals surface area contributed by atoms with E-state index in [4.69, 9.17) is 0 Å². The second-order valence-electron chi connectivity index (χ2n) is 4.17. The summed E-state index contributed by atoms with van der Waals surface area (Å²) < 4.78 is 27.5. The number of H-pyrrole nitrogens is 1. The summed E-state index contributed by atoms with van der Waals surface area (Å²) in [5, 5.41) is 6.63. The first kappa shape index (κ1) is 15.6. The standard InChI is InChI=1S/C11H12Br2N4O2S/c1-7-14-11(16-15-7)6-17(2)20(18,19)10-5-8(12)3-4-9(10)13/h3-5H,6H2,1-2H3,(H,14,15,16). The first-order valence-corrected chi connectivity index (χ1v) is 8.62. The van der Waals surface area contributed by atoms with Crippen molar-refractivity contribution >= 4 is 41.9 Å². The van der Waals surface area contributed by atoms with Crippen LogP contribution in [0.5, 0.6) is 0 Å². The lowest BCUT2D eigenvalue weighted by molar-refractivity contribution is 0.456. The Bertz CT molecular complexity index is 730. The fraction of sp³-hybridized carbons (Fsp3) is 0.273. The molecule has 1 aromatic carbocycles. The first-order chi connectivity index (χ1) is 9.30. The summed E-state index contributed by atoms with van der Waals surface area (Å²) in [6.45, 7) is 1.86. The van der Waals surface area contributed by atoms with Crippen LogP contribution in [0.3, 0.4) is 0 Å². The Morgan fingerprint density at radius 3 is 2.65 bits per heavy atom. The molecular weight excluding hydrogens is 412 g/mol. The molecule has 1 aromatic heterocycles. The third-order valence-corrected chi connectivity index (χ3v) is 5.88. The summed E-state index contributed by atoms with van der Waals surface area (Å²) in [4.78, 5) is 4.30. The highest BCUT2D eigenvalue weighted by molar-refractivity contribution is 9.11. The van der Waals surface area contributed by atoms with E-state index in [1.165, 1.54) is 11.4 Å². The van der Waals surface area contributed by atoms with Crippen molar-refractivity contribution in [3.05, 3.63) is 38.8 Å². The van der Waals surface area contributed by atoms with Gasteiger partial charge < -0.3 is 0 Å². The molecule has 0 saturated carbocycles. The van der Waals surface area contributed by atoms with Crippen LogP contribution in [0.15, 0.2) is 32.0 Å². The number of aromatic amines is 1. The topological polar surface area (TPSA) is 79.0 Å². The Morgan fingerprint density at radius 1 is 1.35 bits per heavy atom. The Labute approximate surface area is 133 Å². The maximum Gasteiger partial charge on any atom is 0.244 e. The molecule has 1 heterocycles. The maximum absolute atomic E-state index is 12.5. The second-order valence-corrected chi connectivity index (χ2v) is 7.96. The Hall–Kier alpha value is -0.770. The van der Waals surface area contributed by atoms with E-state index in [-0.39, 0.29) is 11.4 Å². The molecule has 0 aliphatic rings. The van der Waals surface area contributed by atoms with Crippen LogP contribution < -0.4 is 0 Å². The molecule has 0 radical (unpaired) electrons. The van der Waals surface area contributed by atoms with Crippen molar-refractivity contribution in [1.82, 2.24) is 19.5 Å². The molecule has 9 heteroatoms. The van der Waals surface area contributed by atoms with Gasteiger partial charge in [0, 0.05) is 16.0 Å². The van der Waals surface area contributed by atoms with Gasteiger partial charge in [0.1, 0.15) is 5.82 Å². The van der Waals surface area contributed by atoms with Crippen molar-refractivity contribution in [2.24, 2.45) is 0 Å². The van der Waals surface area contributed by atoms with Gasteiger partial charge in [-0.15, -0.1) is 0 Å². The van der Waals surface area contributed by atoms with E-state index in [1.54, 1.807) is 25.1 Å². The minimum absolute atomic E-state index is 0.103. The van der Waals surface area contributed by atoms with E-state index in [0.717, 1.165) is 0 Å². The highest BCUT2D eigenvalue weighted by atomic mass is 79.9. The number of hydrogen-bond acceptors (Lipinski definition) is 4. The van der Waals surface area contributed by atoms with Crippen LogP contribution in [0.25, 0.3) is 0 Å². The van der Waals surface area contributed by atoms with Crippen molar-refractivity contribution in [2.75, 3.05) is 7.05 Å². The second kappa shape index (κ2) is 5.92. The predicted octanol–water partition coefficient (Wildman–Crippen LogP) is 2.46. The molecule has 108 valence electrons. The van der Waals surface area contributed by atoms with Crippen LogP contribution in [0.2, 0.25) is 0 Å². The highest BCUT2D eigenvalue weighted by Gasteiger charge is 2.24. The van der Waals surface area contributed by atoms with Gasteiger partial charge in [0.15, 0.2) is 5.82 Å². The molecule has 0 fully saturated rings. The lowest BCUT2D eigenvalue weighted by atomic mass is 10.4. The van der Waals surface area contributed by atoms with Gasteiger partial charge in [0.2, 0.25) is 10.0 Å². The minimum atomic E-state index is -3.62. The molecule has 2 aromatic rings. The van der Waals surface area contributed by atoms with Crippen LogP contribution in [0.4, 0.5) is 0 Å². The maximum atomic E-state index is 12.5. The summed E-state index contributed by atoms with van der Waals surface area (Å²) in [5.74, 6) is 1.08. The normalized spacial score (nSPS) is 12.1. The number of benzene rings is 1. The van der Waals surface area contributed by atoms with Crippen LogP contribution in [0.1, 0.15) is 11.6 Å². The van der Waals surface area contributed by atoms with Crippen molar-refractivity contribution in [2.45, 2.75) is 18.4 Å². The zero-order valence-corrected chi connectivity index (χ0v) is 14.7. The third kappa shape index (κ3) is 3.27. The summed E-state index contributed by atoms with van der Waals surface area (Å²) in [5.41, 5.74) is 0. The molecule has 2 rings (SSSR count). The number of nitrogens with zero attached hydrogens (tertiary/aromatic N) is 3. The van der Waals surface area contributed by atoms with Crippen LogP contribution in [-0.2, 0) is 16.6 Å². The minimum Gasteiger partial charge on any atom is -0.263 e. The number of hydrogen-bond donors (Lipinski definition) is 1. The molecule has 1 N–H and O–H groups in total. The van der Waals surface area contributed by atoms with Gasteiger partial charge in [-0.1, -0.05) is 15.9 Å². The fourth-order valence-corrected chi connectivity index (χ4v) is 4.17. The van der Waals surface area contributed by atoms with E-state index in [2.05, 4.69) is 47.0 Å². The first-order valence-electron chi connectivity index (χ1n) is 5.60. The average molecular weight is 424 g/mol. The smallest absolute Gasteiger partial charge is 0.244 e. The highest BCUT2D eigenvalue weighted by Crippen LogP contribution is 2.28. The van der Waals surface area contributed by atoms with E-state index < -0.39 is 10.0 Å². The lowest BCUT2D eigenvalue weighted by Gasteiger charge is -2.16. The molecule has 0 atom stereocenters. The van der Waals surface area contributed by atoms with E-state index in [1.807, 2.05) is 0 Å². The Balaban J connectivity index is 2.32. The van der Waals surface area contributed by atoms with Crippen molar-refractivity contribution in [3.8, 4) is 0 Å². The molecule has 6 nitrogen and oxygen atoms in total. The number of sulfonamides is 1. The molecule has 0 aliphatic carbocycles. The quantitative estimate of drug-likeness (QED) is 0.819. The van der Waals surface area contributed by atoms with Crippen LogP contribution in [-0.4, -0.2) is 35.0 Å². The molecule has 0 aliphatic heterocycles. The van der Waals surface area contributed by atoms with Crippen LogP contribution in [0, 0.1) is 6.92 Å². The van der Waals surface area contributed by atoms with Gasteiger partial charge >= 0.3 is 0 Å². The van der Waals surface area contributed by atoms with E-state index >= 15 is 0 Å². The van der Waals surface area contributed by atoms with E-state index in [0.29, 0.717) is 20.6 Å². The van der Waals surface area contributed by atoms with Gasteiger partial charge in [-0.2, -0.15) is 9.40 Å².